The summed E-state index contributed by atoms with van der Waals surface area (Å²) in [5.74, 6) is -0.339. The molecular formula is C15H22ClFN2. The molecule has 19 heavy (non-hydrogen) atoms. The van der Waals surface area contributed by atoms with Crippen LogP contribution < -0.4 is 5.32 Å². The second-order valence-electron chi connectivity index (χ2n) is 5.20. The first-order chi connectivity index (χ1) is 9.20. The van der Waals surface area contributed by atoms with Crippen molar-refractivity contribution >= 4 is 11.6 Å². The quantitative estimate of drug-likeness (QED) is 0.891. The lowest BCUT2D eigenvalue weighted by atomic mass is 10.0. The van der Waals surface area contributed by atoms with Gasteiger partial charge in [-0.1, -0.05) is 24.6 Å². The molecule has 0 aliphatic carbocycles. The molecule has 0 aromatic heterocycles. The summed E-state index contributed by atoms with van der Waals surface area (Å²) >= 11 is 5.86. The largest absolute Gasteiger partial charge is 0.317 e. The third-order valence-corrected chi connectivity index (χ3v) is 4.00. The van der Waals surface area contributed by atoms with Gasteiger partial charge in [0.05, 0.1) is 5.02 Å². The van der Waals surface area contributed by atoms with Gasteiger partial charge in [-0.25, -0.2) is 4.39 Å². The Labute approximate surface area is 119 Å². The average molecular weight is 285 g/mol. The monoisotopic (exact) mass is 284 g/mol. The highest BCUT2D eigenvalue weighted by molar-refractivity contribution is 6.30. The van der Waals surface area contributed by atoms with Crippen LogP contribution in [0, 0.1) is 5.82 Å². The molecule has 0 atom stereocenters. The van der Waals surface area contributed by atoms with Crippen LogP contribution in [0.4, 0.5) is 4.39 Å². The summed E-state index contributed by atoms with van der Waals surface area (Å²) in [5.41, 5.74) is 1.10. The van der Waals surface area contributed by atoms with Crippen LogP contribution in [-0.4, -0.2) is 30.6 Å². The first-order valence-corrected chi connectivity index (χ1v) is 7.47. The highest BCUT2D eigenvalue weighted by Crippen LogP contribution is 2.20. The zero-order valence-corrected chi connectivity index (χ0v) is 12.2. The number of hydrogen-bond donors (Lipinski definition) is 1. The minimum Gasteiger partial charge on any atom is -0.317 e. The molecule has 0 amide bonds. The molecule has 1 aromatic rings. The predicted octanol–water partition coefficient (Wildman–Crippen LogP) is 3.44. The maximum atomic E-state index is 13.2. The SMILES string of the molecule is CCCN(Cc1ccc(F)c(Cl)c1)C1CCNCC1. The van der Waals surface area contributed by atoms with Gasteiger partial charge in [0.2, 0.25) is 0 Å². The summed E-state index contributed by atoms with van der Waals surface area (Å²) in [5, 5.41) is 3.62. The van der Waals surface area contributed by atoms with E-state index < -0.39 is 0 Å². The Balaban J connectivity index is 2.04. The van der Waals surface area contributed by atoms with Crippen LogP contribution in [0.5, 0.6) is 0 Å². The van der Waals surface area contributed by atoms with Crippen molar-refractivity contribution in [3.8, 4) is 0 Å². The highest BCUT2D eigenvalue weighted by Gasteiger charge is 2.20. The maximum absolute atomic E-state index is 13.2. The van der Waals surface area contributed by atoms with E-state index in [0.717, 1.165) is 38.2 Å². The Bertz CT molecular complexity index is 405. The average Bonchev–Trinajstić information content (AvgIpc) is 2.43. The lowest BCUT2D eigenvalue weighted by Crippen LogP contribution is -2.43. The third-order valence-electron chi connectivity index (χ3n) is 3.71. The number of hydrogen-bond acceptors (Lipinski definition) is 2. The number of piperidine rings is 1. The smallest absolute Gasteiger partial charge is 0.141 e. The van der Waals surface area contributed by atoms with Gasteiger partial charge in [-0.05, 0) is 56.6 Å². The Morgan fingerprint density at radius 3 is 2.74 bits per heavy atom. The highest BCUT2D eigenvalue weighted by atomic mass is 35.5. The van der Waals surface area contributed by atoms with E-state index >= 15 is 0 Å². The molecule has 1 saturated heterocycles. The van der Waals surface area contributed by atoms with Crippen LogP contribution in [0.25, 0.3) is 0 Å². The Morgan fingerprint density at radius 2 is 2.11 bits per heavy atom. The van der Waals surface area contributed by atoms with E-state index in [-0.39, 0.29) is 10.8 Å². The van der Waals surface area contributed by atoms with Crippen molar-refractivity contribution in [2.75, 3.05) is 19.6 Å². The predicted molar refractivity (Wildman–Crippen MR) is 78.0 cm³/mol. The van der Waals surface area contributed by atoms with Gasteiger partial charge in [0.15, 0.2) is 0 Å². The van der Waals surface area contributed by atoms with Crippen LogP contribution >= 0.6 is 11.6 Å². The lowest BCUT2D eigenvalue weighted by molar-refractivity contribution is 0.154. The standard InChI is InChI=1S/C15H22ClFN2/c1-2-9-19(13-5-7-18-8-6-13)11-12-3-4-15(17)14(16)10-12/h3-4,10,13,18H,2,5-9,11H2,1H3. The first kappa shape index (κ1) is 14.8. The van der Waals surface area contributed by atoms with Crippen LogP contribution in [0.15, 0.2) is 18.2 Å². The zero-order valence-electron chi connectivity index (χ0n) is 11.5. The summed E-state index contributed by atoms with van der Waals surface area (Å²) in [7, 11) is 0. The van der Waals surface area contributed by atoms with Crippen LogP contribution in [0.1, 0.15) is 31.7 Å². The van der Waals surface area contributed by atoms with Crippen molar-refractivity contribution in [3.05, 3.63) is 34.6 Å². The molecule has 1 aliphatic heterocycles. The van der Waals surface area contributed by atoms with E-state index in [1.807, 2.05) is 6.07 Å². The Hall–Kier alpha value is -0.640. The molecule has 0 spiro atoms. The topological polar surface area (TPSA) is 15.3 Å². The zero-order chi connectivity index (χ0) is 13.7. The van der Waals surface area contributed by atoms with Gasteiger partial charge in [-0.15, -0.1) is 0 Å². The number of benzene rings is 1. The van der Waals surface area contributed by atoms with Crippen molar-refractivity contribution < 1.29 is 4.39 Å². The summed E-state index contributed by atoms with van der Waals surface area (Å²) < 4.78 is 13.2. The Morgan fingerprint density at radius 1 is 1.37 bits per heavy atom. The maximum Gasteiger partial charge on any atom is 0.141 e. The Kier molecular flexibility index (Phi) is 5.61. The van der Waals surface area contributed by atoms with Gasteiger partial charge < -0.3 is 5.32 Å². The molecule has 1 N–H and O–H groups in total. The molecule has 1 aliphatic rings. The van der Waals surface area contributed by atoms with Crippen molar-refractivity contribution in [1.82, 2.24) is 10.2 Å². The second-order valence-corrected chi connectivity index (χ2v) is 5.61. The molecular weight excluding hydrogens is 263 g/mol. The minimum absolute atomic E-state index is 0.222. The molecule has 2 rings (SSSR count). The third kappa shape index (κ3) is 4.16. The van der Waals surface area contributed by atoms with E-state index in [2.05, 4.69) is 17.1 Å². The number of halogens is 2. The van der Waals surface area contributed by atoms with Crippen molar-refractivity contribution in [3.63, 3.8) is 0 Å². The molecule has 0 radical (unpaired) electrons. The molecule has 0 saturated carbocycles. The lowest BCUT2D eigenvalue weighted by Gasteiger charge is -2.34. The van der Waals surface area contributed by atoms with Crippen LogP contribution in [0.2, 0.25) is 5.02 Å². The molecule has 106 valence electrons. The van der Waals surface area contributed by atoms with E-state index in [1.165, 1.54) is 18.9 Å². The normalized spacial score (nSPS) is 17.1. The van der Waals surface area contributed by atoms with Gasteiger partial charge in [0, 0.05) is 12.6 Å². The van der Waals surface area contributed by atoms with Gasteiger partial charge in [0.25, 0.3) is 0 Å². The fraction of sp³-hybridized carbons (Fsp3) is 0.600. The summed E-state index contributed by atoms with van der Waals surface area (Å²) in [6.45, 7) is 6.33. The van der Waals surface area contributed by atoms with Crippen LogP contribution in [-0.2, 0) is 6.54 Å². The molecule has 1 heterocycles. The second kappa shape index (κ2) is 7.22. The molecule has 1 fully saturated rings. The van der Waals surface area contributed by atoms with E-state index in [1.54, 1.807) is 6.07 Å². The molecule has 2 nitrogen and oxygen atoms in total. The number of rotatable bonds is 5. The molecule has 4 heteroatoms. The minimum atomic E-state index is -0.339. The van der Waals surface area contributed by atoms with E-state index in [9.17, 15) is 4.39 Å². The molecule has 1 aromatic carbocycles. The summed E-state index contributed by atoms with van der Waals surface area (Å²) in [6.07, 6.45) is 3.52. The van der Waals surface area contributed by atoms with Crippen LogP contribution in [0.3, 0.4) is 0 Å². The van der Waals surface area contributed by atoms with Gasteiger partial charge in [-0.3, -0.25) is 4.90 Å². The van der Waals surface area contributed by atoms with Gasteiger partial charge >= 0.3 is 0 Å². The van der Waals surface area contributed by atoms with Crippen molar-refractivity contribution in [2.45, 2.75) is 38.8 Å². The van der Waals surface area contributed by atoms with Crippen molar-refractivity contribution in [2.24, 2.45) is 0 Å². The number of nitrogens with zero attached hydrogens (tertiary/aromatic N) is 1. The first-order valence-electron chi connectivity index (χ1n) is 7.09. The fourth-order valence-corrected chi connectivity index (χ4v) is 2.93. The molecule has 0 bridgehead atoms. The summed E-state index contributed by atoms with van der Waals surface area (Å²) in [4.78, 5) is 2.50. The number of nitrogens with one attached hydrogen (secondary N) is 1. The van der Waals surface area contributed by atoms with E-state index in [4.69, 9.17) is 11.6 Å². The van der Waals surface area contributed by atoms with Gasteiger partial charge in [0.1, 0.15) is 5.82 Å². The van der Waals surface area contributed by atoms with Gasteiger partial charge in [-0.2, -0.15) is 0 Å². The molecule has 0 unspecified atom stereocenters. The van der Waals surface area contributed by atoms with Crippen molar-refractivity contribution in [1.29, 1.82) is 0 Å². The van der Waals surface area contributed by atoms with E-state index in [0.29, 0.717) is 6.04 Å². The summed E-state index contributed by atoms with van der Waals surface area (Å²) in [6, 6.07) is 5.68. The fourth-order valence-electron chi connectivity index (χ4n) is 2.72.